The quantitative estimate of drug-likeness (QED) is 0.275. The molecule has 1 amide bonds. The molecule has 4 N–H and O–H groups in total. The number of carbonyl (C=O) groups is 4. The number of aliphatic hydroxyl groups is 1. The van der Waals surface area contributed by atoms with Gasteiger partial charge in [-0.15, -0.1) is 0 Å². The van der Waals surface area contributed by atoms with Crippen LogP contribution in [0.1, 0.15) is 47.5 Å². The number of amides is 1. The topological polar surface area (TPSA) is 154 Å². The highest BCUT2D eigenvalue weighted by molar-refractivity contribution is 6.23. The number of hydrogen-bond acceptors (Lipinski definition) is 9. The van der Waals surface area contributed by atoms with Crippen molar-refractivity contribution in [3.8, 4) is 0 Å². The molecule has 2 bridgehead atoms. The molecule has 0 aromatic heterocycles. The van der Waals surface area contributed by atoms with Crippen molar-refractivity contribution in [2.24, 2.45) is 17.6 Å². The van der Waals surface area contributed by atoms with Crippen molar-refractivity contribution in [3.05, 3.63) is 58.5 Å². The highest BCUT2D eigenvalue weighted by Crippen LogP contribution is 2.28. The molecule has 0 saturated carbocycles. The third-order valence-corrected chi connectivity index (χ3v) is 6.89. The zero-order chi connectivity index (χ0) is 29.4. The molecule has 0 aromatic carbocycles. The molecule has 10 nitrogen and oxygen atoms in total. The molecule has 10 heteroatoms. The van der Waals surface area contributed by atoms with Crippen molar-refractivity contribution in [3.63, 3.8) is 0 Å². The molecule has 6 atom stereocenters. The number of methoxy groups -OCH3 is 2. The van der Waals surface area contributed by atoms with E-state index in [1.165, 1.54) is 27.2 Å². The fourth-order valence-electron chi connectivity index (χ4n) is 4.66. The average molecular weight is 545 g/mol. The van der Waals surface area contributed by atoms with Crippen LogP contribution in [-0.4, -0.2) is 67.2 Å². The number of rotatable bonds is 3. The number of carbonyl (C=O) groups excluding carboxylic acids is 4. The average Bonchev–Trinajstić information content (AvgIpc) is 2.88. The number of fused-ring (bicyclic) bond motifs is 2. The summed E-state index contributed by atoms with van der Waals surface area (Å²) in [6.45, 7) is 8.31. The molecular weight excluding hydrogens is 504 g/mol. The smallest absolute Gasteiger partial charge is 0.303 e. The fourth-order valence-corrected chi connectivity index (χ4v) is 4.66. The van der Waals surface area contributed by atoms with Gasteiger partial charge in [0.05, 0.1) is 23.6 Å². The Labute approximate surface area is 229 Å². The predicted molar refractivity (Wildman–Crippen MR) is 145 cm³/mol. The maximum absolute atomic E-state index is 13.2. The zero-order valence-corrected chi connectivity index (χ0v) is 23.6. The number of hydrogen-bond donors (Lipinski definition) is 3. The first-order valence-electron chi connectivity index (χ1n) is 12.9. The Morgan fingerprint density at radius 2 is 1.79 bits per heavy atom. The number of aliphatic hydroxyl groups excluding tert-OH is 1. The summed E-state index contributed by atoms with van der Waals surface area (Å²) in [6, 6.07) is 0. The van der Waals surface area contributed by atoms with E-state index >= 15 is 0 Å². The van der Waals surface area contributed by atoms with Gasteiger partial charge in [-0.2, -0.15) is 0 Å². The van der Waals surface area contributed by atoms with Gasteiger partial charge < -0.3 is 30.4 Å². The number of ketones is 2. The van der Waals surface area contributed by atoms with Gasteiger partial charge in [-0.3, -0.25) is 19.2 Å². The highest BCUT2D eigenvalue weighted by Gasteiger charge is 2.32. The fraction of sp³-hybridized carbons (Fsp3) is 0.517. The molecular formula is C29H40N2O8. The second-order valence-corrected chi connectivity index (χ2v) is 10.1. The highest BCUT2D eigenvalue weighted by atomic mass is 16.6. The van der Waals surface area contributed by atoms with E-state index in [0.29, 0.717) is 12.0 Å². The van der Waals surface area contributed by atoms with Crippen LogP contribution in [0, 0.1) is 11.8 Å². The minimum absolute atomic E-state index is 0.116. The molecule has 1 aliphatic heterocycles. The molecule has 1 heterocycles. The third kappa shape index (κ3) is 8.32. The Hall–Kier alpha value is -3.34. The first-order chi connectivity index (χ1) is 18.3. The summed E-state index contributed by atoms with van der Waals surface area (Å²) in [7, 11) is 2.95. The minimum Gasteiger partial charge on any atom is -0.455 e. The van der Waals surface area contributed by atoms with E-state index in [1.54, 1.807) is 32.1 Å². The molecule has 1 aliphatic carbocycles. The Bertz CT molecular complexity index is 1130. The summed E-state index contributed by atoms with van der Waals surface area (Å²) in [5, 5.41) is 13.6. The lowest BCUT2D eigenvalue weighted by atomic mass is 9.85. The minimum atomic E-state index is -0.931. The molecule has 0 aromatic rings. The van der Waals surface area contributed by atoms with Crippen LogP contribution in [0.15, 0.2) is 58.5 Å². The van der Waals surface area contributed by atoms with Crippen LogP contribution in [0.2, 0.25) is 0 Å². The van der Waals surface area contributed by atoms with Crippen LogP contribution in [0.5, 0.6) is 0 Å². The molecule has 2 aliphatic rings. The van der Waals surface area contributed by atoms with E-state index in [9.17, 15) is 24.3 Å². The monoisotopic (exact) mass is 544 g/mol. The van der Waals surface area contributed by atoms with E-state index in [2.05, 4.69) is 5.32 Å². The first-order valence-corrected chi connectivity index (χ1v) is 12.9. The molecule has 0 spiro atoms. The van der Waals surface area contributed by atoms with Gasteiger partial charge in [-0.1, -0.05) is 38.2 Å². The van der Waals surface area contributed by atoms with Crippen LogP contribution in [0.3, 0.4) is 0 Å². The van der Waals surface area contributed by atoms with Gasteiger partial charge in [-0.05, 0) is 38.2 Å². The zero-order valence-electron chi connectivity index (χ0n) is 23.6. The number of ether oxygens (including phenoxy) is 3. The molecule has 2 rings (SSSR count). The van der Waals surface area contributed by atoms with E-state index < -0.39 is 53.8 Å². The lowest BCUT2D eigenvalue weighted by Gasteiger charge is -2.30. The van der Waals surface area contributed by atoms with E-state index in [1.807, 2.05) is 13.8 Å². The molecule has 0 fully saturated rings. The number of Topliss-reactive ketones (excluding diaryl/α,β-unsaturated/α-hetero) is 1. The number of nitrogens with one attached hydrogen (secondary N) is 1. The number of nitrogens with two attached hydrogens (primary N) is 1. The molecule has 214 valence electrons. The van der Waals surface area contributed by atoms with Crippen molar-refractivity contribution in [2.45, 2.75) is 71.9 Å². The molecule has 0 unspecified atom stereocenters. The van der Waals surface area contributed by atoms with E-state index in [-0.39, 0.29) is 34.9 Å². The lowest BCUT2D eigenvalue weighted by Crippen LogP contribution is -2.37. The van der Waals surface area contributed by atoms with Crippen molar-refractivity contribution >= 4 is 23.4 Å². The lowest BCUT2D eigenvalue weighted by molar-refractivity contribution is -0.149. The van der Waals surface area contributed by atoms with Gasteiger partial charge in [-0.25, -0.2) is 0 Å². The van der Waals surface area contributed by atoms with Gasteiger partial charge in [0.15, 0.2) is 6.10 Å². The summed E-state index contributed by atoms with van der Waals surface area (Å²) in [4.78, 5) is 50.4. The molecule has 0 radical (unpaired) electrons. The van der Waals surface area contributed by atoms with Crippen molar-refractivity contribution in [1.29, 1.82) is 0 Å². The Morgan fingerprint density at radius 3 is 2.38 bits per heavy atom. The van der Waals surface area contributed by atoms with Crippen molar-refractivity contribution in [1.82, 2.24) is 5.32 Å². The number of esters is 1. The predicted octanol–water partition coefficient (Wildman–Crippen LogP) is 2.19. The van der Waals surface area contributed by atoms with Gasteiger partial charge in [0.2, 0.25) is 11.6 Å². The maximum atomic E-state index is 13.2. The summed E-state index contributed by atoms with van der Waals surface area (Å²) in [5.74, 6) is -2.77. The van der Waals surface area contributed by atoms with Crippen LogP contribution >= 0.6 is 0 Å². The SMILES string of the molecule is CO[C@H]1/C=C\C=C(/C)C(=O)NC2=CC(=O)C(N)=C(C[C@@H](C)C[C@H](OC)[C@H](O)[C@@H](C)/C=C(\C)[C@@H]1OC(C)=O)C2=O. The van der Waals surface area contributed by atoms with Gasteiger partial charge in [0, 0.05) is 44.3 Å². The van der Waals surface area contributed by atoms with Crippen molar-refractivity contribution in [2.75, 3.05) is 14.2 Å². The summed E-state index contributed by atoms with van der Waals surface area (Å²) in [5.41, 5.74) is 6.70. The van der Waals surface area contributed by atoms with Crippen LogP contribution < -0.4 is 11.1 Å². The largest absolute Gasteiger partial charge is 0.455 e. The Balaban J connectivity index is 2.58. The van der Waals surface area contributed by atoms with Gasteiger partial charge in [0.1, 0.15) is 6.10 Å². The van der Waals surface area contributed by atoms with Gasteiger partial charge >= 0.3 is 5.97 Å². The third-order valence-electron chi connectivity index (χ3n) is 6.89. The van der Waals surface area contributed by atoms with Crippen LogP contribution in [0.25, 0.3) is 0 Å². The molecule has 0 saturated heterocycles. The normalized spacial score (nSPS) is 33.3. The summed E-state index contributed by atoms with van der Waals surface area (Å²) in [6.07, 6.45) is 5.04. The summed E-state index contributed by atoms with van der Waals surface area (Å²) < 4.78 is 16.7. The molecule has 39 heavy (non-hydrogen) atoms. The van der Waals surface area contributed by atoms with Gasteiger partial charge in [0.25, 0.3) is 5.91 Å². The van der Waals surface area contributed by atoms with Crippen LogP contribution in [0.4, 0.5) is 0 Å². The second kappa shape index (κ2) is 14.2. The first kappa shape index (κ1) is 31.9. The summed E-state index contributed by atoms with van der Waals surface area (Å²) >= 11 is 0. The van der Waals surface area contributed by atoms with E-state index in [0.717, 1.165) is 6.08 Å². The maximum Gasteiger partial charge on any atom is 0.303 e. The standard InChI is InChI=1S/C29H40N2O8/c1-15-11-20-25(30)22(33)14-21(27(20)35)31-29(36)16(2)9-8-10-23(37-6)28(39-19(5)32)18(4)13-17(3)26(34)24(12-15)38-7/h8-10,13-15,17,23-24,26,28,34H,11-12,30H2,1-7H3,(H,31,36)/b10-8-,16-9+,18-13+/t15-,17+,23+,24+,26-,28+/m1/s1. The van der Waals surface area contributed by atoms with Crippen LogP contribution in [-0.2, 0) is 33.4 Å². The van der Waals surface area contributed by atoms with Crippen molar-refractivity contribution < 1.29 is 38.5 Å². The number of allylic oxidation sites excluding steroid dienone is 4. The van der Waals surface area contributed by atoms with E-state index in [4.69, 9.17) is 19.9 Å². The Kier molecular flexibility index (Phi) is 11.6. The second-order valence-electron chi connectivity index (χ2n) is 10.1. The Morgan fingerprint density at radius 1 is 1.13 bits per heavy atom.